The summed E-state index contributed by atoms with van der Waals surface area (Å²) < 4.78 is 37.4. The highest BCUT2D eigenvalue weighted by Gasteiger charge is 2.31. The van der Waals surface area contributed by atoms with Crippen LogP contribution in [0.5, 0.6) is 0 Å². The Balaban J connectivity index is 1.97. The molecule has 1 aromatic carbocycles. The molecule has 2 nitrogen and oxygen atoms in total. The molecular formula is C14H19F3N2. The highest BCUT2D eigenvalue weighted by molar-refractivity contribution is 5.24. The molecule has 0 aliphatic heterocycles. The molecule has 1 aromatic rings. The summed E-state index contributed by atoms with van der Waals surface area (Å²) in [4.78, 5) is 2.31. The van der Waals surface area contributed by atoms with E-state index in [9.17, 15) is 13.2 Å². The van der Waals surface area contributed by atoms with Crippen molar-refractivity contribution < 1.29 is 13.2 Å². The Bertz CT molecular complexity index is 396. The fraction of sp³-hybridized carbons (Fsp3) is 0.571. The van der Waals surface area contributed by atoms with Gasteiger partial charge in [-0.15, -0.1) is 0 Å². The standard InChI is InChI=1S/C14H19F3N2/c15-14(16,17)12-4-2-11(3-5-12)10-19(9-1-8-18)13-6-7-13/h2-5,13H,1,6-10,18H2. The second-order valence-corrected chi connectivity index (χ2v) is 5.04. The fourth-order valence-electron chi connectivity index (χ4n) is 2.16. The number of halogens is 3. The highest BCUT2D eigenvalue weighted by atomic mass is 19.4. The van der Waals surface area contributed by atoms with Gasteiger partial charge in [0.15, 0.2) is 0 Å². The van der Waals surface area contributed by atoms with E-state index in [1.54, 1.807) is 12.1 Å². The van der Waals surface area contributed by atoms with Gasteiger partial charge in [-0.05, 0) is 50.0 Å². The third-order valence-corrected chi connectivity index (χ3v) is 3.38. The van der Waals surface area contributed by atoms with Gasteiger partial charge in [-0.2, -0.15) is 13.2 Å². The third kappa shape index (κ3) is 4.21. The molecule has 0 saturated heterocycles. The largest absolute Gasteiger partial charge is 0.416 e. The molecule has 0 unspecified atom stereocenters. The summed E-state index contributed by atoms with van der Waals surface area (Å²) in [7, 11) is 0. The molecule has 1 aliphatic carbocycles. The van der Waals surface area contributed by atoms with Gasteiger partial charge in [0.25, 0.3) is 0 Å². The van der Waals surface area contributed by atoms with Crippen molar-refractivity contribution in [3.8, 4) is 0 Å². The van der Waals surface area contributed by atoms with Crippen LogP contribution in [-0.2, 0) is 12.7 Å². The van der Waals surface area contributed by atoms with Gasteiger partial charge in [0.1, 0.15) is 0 Å². The minimum absolute atomic E-state index is 0.587. The third-order valence-electron chi connectivity index (χ3n) is 3.38. The molecule has 5 heteroatoms. The molecule has 106 valence electrons. The van der Waals surface area contributed by atoms with Crippen LogP contribution in [0.1, 0.15) is 30.4 Å². The van der Waals surface area contributed by atoms with Crippen molar-refractivity contribution in [2.45, 2.75) is 38.0 Å². The second kappa shape index (κ2) is 5.92. The summed E-state index contributed by atoms with van der Waals surface area (Å²) in [6, 6.07) is 6.04. The topological polar surface area (TPSA) is 29.3 Å². The Morgan fingerprint density at radius 3 is 2.26 bits per heavy atom. The van der Waals surface area contributed by atoms with Gasteiger partial charge in [-0.3, -0.25) is 4.90 Å². The van der Waals surface area contributed by atoms with Crippen molar-refractivity contribution in [2.24, 2.45) is 5.73 Å². The number of rotatable bonds is 6. The van der Waals surface area contributed by atoms with Gasteiger partial charge in [0, 0.05) is 12.6 Å². The van der Waals surface area contributed by atoms with Crippen molar-refractivity contribution in [3.63, 3.8) is 0 Å². The SMILES string of the molecule is NCCCN(Cc1ccc(C(F)(F)F)cc1)C1CC1. The fourth-order valence-corrected chi connectivity index (χ4v) is 2.16. The number of hydrogen-bond donors (Lipinski definition) is 1. The van der Waals surface area contributed by atoms with Crippen molar-refractivity contribution in [3.05, 3.63) is 35.4 Å². The molecule has 0 bridgehead atoms. The maximum Gasteiger partial charge on any atom is 0.416 e. The van der Waals surface area contributed by atoms with Gasteiger partial charge in [0.2, 0.25) is 0 Å². The van der Waals surface area contributed by atoms with E-state index in [0.29, 0.717) is 19.1 Å². The lowest BCUT2D eigenvalue weighted by Crippen LogP contribution is -2.28. The Kier molecular flexibility index (Phi) is 4.47. The van der Waals surface area contributed by atoms with Crippen LogP contribution in [0.2, 0.25) is 0 Å². The summed E-state index contributed by atoms with van der Waals surface area (Å²) in [5.41, 5.74) is 5.85. The molecule has 1 fully saturated rings. The zero-order valence-corrected chi connectivity index (χ0v) is 10.8. The van der Waals surface area contributed by atoms with Gasteiger partial charge < -0.3 is 5.73 Å². The van der Waals surface area contributed by atoms with E-state index in [1.807, 2.05) is 0 Å². The number of nitrogens with zero attached hydrogens (tertiary/aromatic N) is 1. The molecule has 0 atom stereocenters. The molecule has 0 radical (unpaired) electrons. The molecule has 0 spiro atoms. The smallest absolute Gasteiger partial charge is 0.330 e. The molecule has 2 N–H and O–H groups in total. The minimum atomic E-state index is -4.26. The van der Waals surface area contributed by atoms with Crippen LogP contribution >= 0.6 is 0 Å². The van der Waals surface area contributed by atoms with Gasteiger partial charge in [-0.1, -0.05) is 12.1 Å². The second-order valence-electron chi connectivity index (χ2n) is 5.04. The minimum Gasteiger partial charge on any atom is -0.330 e. The number of alkyl halides is 3. The van der Waals surface area contributed by atoms with Crippen LogP contribution in [0, 0.1) is 0 Å². The van der Waals surface area contributed by atoms with Crippen LogP contribution in [0.4, 0.5) is 13.2 Å². The molecule has 0 aromatic heterocycles. The maximum absolute atomic E-state index is 12.5. The molecule has 1 aliphatic rings. The van der Waals surface area contributed by atoms with Crippen molar-refractivity contribution in [1.82, 2.24) is 4.90 Å². The lowest BCUT2D eigenvalue weighted by atomic mass is 10.1. The Morgan fingerprint density at radius 1 is 1.16 bits per heavy atom. The highest BCUT2D eigenvalue weighted by Crippen LogP contribution is 2.31. The summed E-state index contributed by atoms with van der Waals surface area (Å²) in [6.07, 6.45) is -0.957. The summed E-state index contributed by atoms with van der Waals surface area (Å²) in [5.74, 6) is 0. The van der Waals surface area contributed by atoms with Crippen LogP contribution in [0.15, 0.2) is 24.3 Å². The maximum atomic E-state index is 12.5. The molecule has 1 saturated carbocycles. The first-order valence-corrected chi connectivity index (χ1v) is 6.61. The normalized spacial score (nSPS) is 16.1. The zero-order chi connectivity index (χ0) is 13.9. The number of hydrogen-bond acceptors (Lipinski definition) is 2. The van der Waals surface area contributed by atoms with Crippen LogP contribution < -0.4 is 5.73 Å². The van der Waals surface area contributed by atoms with Gasteiger partial charge >= 0.3 is 6.18 Å². The number of benzene rings is 1. The van der Waals surface area contributed by atoms with Crippen molar-refractivity contribution in [1.29, 1.82) is 0 Å². The Morgan fingerprint density at radius 2 is 1.79 bits per heavy atom. The zero-order valence-electron chi connectivity index (χ0n) is 10.8. The number of nitrogens with two attached hydrogens (primary N) is 1. The molecular weight excluding hydrogens is 253 g/mol. The van der Waals surface area contributed by atoms with E-state index in [2.05, 4.69) is 4.90 Å². The first-order valence-electron chi connectivity index (χ1n) is 6.61. The monoisotopic (exact) mass is 272 g/mol. The first-order chi connectivity index (χ1) is 9.00. The van der Waals surface area contributed by atoms with E-state index in [-0.39, 0.29) is 0 Å². The molecule has 0 amide bonds. The van der Waals surface area contributed by atoms with Crippen LogP contribution in [0.25, 0.3) is 0 Å². The lowest BCUT2D eigenvalue weighted by molar-refractivity contribution is -0.137. The molecule has 19 heavy (non-hydrogen) atoms. The van der Waals surface area contributed by atoms with Crippen LogP contribution in [-0.4, -0.2) is 24.0 Å². The lowest BCUT2D eigenvalue weighted by Gasteiger charge is -2.22. The predicted octanol–water partition coefficient (Wildman–Crippen LogP) is 3.02. The summed E-state index contributed by atoms with van der Waals surface area (Å²) in [6.45, 7) is 2.28. The Hall–Kier alpha value is -1.07. The average molecular weight is 272 g/mol. The summed E-state index contributed by atoms with van der Waals surface area (Å²) in [5, 5.41) is 0. The molecule has 2 rings (SSSR count). The predicted molar refractivity (Wildman–Crippen MR) is 68.5 cm³/mol. The summed E-state index contributed by atoms with van der Waals surface area (Å²) >= 11 is 0. The van der Waals surface area contributed by atoms with Gasteiger partial charge in [-0.25, -0.2) is 0 Å². The van der Waals surface area contributed by atoms with E-state index >= 15 is 0 Å². The van der Waals surface area contributed by atoms with E-state index < -0.39 is 11.7 Å². The van der Waals surface area contributed by atoms with Crippen LogP contribution in [0.3, 0.4) is 0 Å². The van der Waals surface area contributed by atoms with Gasteiger partial charge in [0.05, 0.1) is 5.56 Å². The first kappa shape index (κ1) is 14.3. The van der Waals surface area contributed by atoms with E-state index in [1.165, 1.54) is 12.8 Å². The van der Waals surface area contributed by atoms with E-state index in [4.69, 9.17) is 5.73 Å². The Labute approximate surface area is 111 Å². The van der Waals surface area contributed by atoms with Crippen molar-refractivity contribution >= 4 is 0 Å². The van der Waals surface area contributed by atoms with Crippen molar-refractivity contribution in [2.75, 3.05) is 13.1 Å². The quantitative estimate of drug-likeness (QED) is 0.862. The average Bonchev–Trinajstić information content (AvgIpc) is 3.18. The molecule has 0 heterocycles. The van der Waals surface area contributed by atoms with E-state index in [0.717, 1.165) is 30.7 Å².